The third-order valence-electron chi connectivity index (χ3n) is 4.08. The molecular weight excluding hydrogens is 266 g/mol. The Morgan fingerprint density at radius 1 is 0.636 bits per heavy atom. The Balaban J connectivity index is 1.90. The predicted octanol–water partition coefficient (Wildman–Crippen LogP) is 5.58. The van der Waals surface area contributed by atoms with Crippen molar-refractivity contribution < 1.29 is 0 Å². The van der Waals surface area contributed by atoms with E-state index in [1.807, 2.05) is 0 Å². The number of hydrogen-bond acceptors (Lipinski definition) is 0. The maximum Gasteiger partial charge on any atom is 0.0528 e. The van der Waals surface area contributed by atoms with Gasteiger partial charge in [-0.3, -0.25) is 0 Å². The van der Waals surface area contributed by atoms with E-state index in [2.05, 4.69) is 96.4 Å². The van der Waals surface area contributed by atoms with E-state index in [0.717, 1.165) is 0 Å². The molecule has 4 rings (SSSR count). The summed E-state index contributed by atoms with van der Waals surface area (Å²) in [6.07, 6.45) is 2.22. The van der Waals surface area contributed by atoms with E-state index in [4.69, 9.17) is 0 Å². The van der Waals surface area contributed by atoms with E-state index >= 15 is 0 Å². The fourth-order valence-corrected chi connectivity index (χ4v) is 2.88. The van der Waals surface area contributed by atoms with Crippen LogP contribution in [0.3, 0.4) is 0 Å². The standard InChI is InChI=1S/C21H17N/c1-16-10-12-18(13-11-16)21-9-5-8-20-14-19(15-22(20)21)17-6-3-2-4-7-17/h2-15H,1H3. The van der Waals surface area contributed by atoms with Crippen molar-refractivity contribution >= 4 is 5.52 Å². The van der Waals surface area contributed by atoms with Gasteiger partial charge in [0.2, 0.25) is 0 Å². The van der Waals surface area contributed by atoms with Gasteiger partial charge in [0, 0.05) is 17.3 Å². The average molecular weight is 283 g/mol. The van der Waals surface area contributed by atoms with Crippen LogP contribution >= 0.6 is 0 Å². The molecule has 0 aliphatic heterocycles. The van der Waals surface area contributed by atoms with Crippen molar-refractivity contribution in [2.24, 2.45) is 0 Å². The molecule has 1 nitrogen and oxygen atoms in total. The SMILES string of the molecule is Cc1ccc(-c2cccc3cc(-c4ccccc4)cn23)cc1. The maximum atomic E-state index is 2.27. The smallest absolute Gasteiger partial charge is 0.0528 e. The minimum atomic E-state index is 1.22. The number of fused-ring (bicyclic) bond motifs is 1. The summed E-state index contributed by atoms with van der Waals surface area (Å²) in [5.74, 6) is 0. The quantitative estimate of drug-likeness (QED) is 0.452. The molecule has 2 heterocycles. The van der Waals surface area contributed by atoms with Crippen LogP contribution in [0.15, 0.2) is 85.1 Å². The van der Waals surface area contributed by atoms with Gasteiger partial charge in [0.05, 0.1) is 5.69 Å². The molecule has 0 aliphatic rings. The third-order valence-corrected chi connectivity index (χ3v) is 4.08. The molecule has 0 saturated heterocycles. The molecule has 0 atom stereocenters. The molecule has 106 valence electrons. The molecule has 0 N–H and O–H groups in total. The summed E-state index contributed by atoms with van der Waals surface area (Å²) >= 11 is 0. The number of rotatable bonds is 2. The summed E-state index contributed by atoms with van der Waals surface area (Å²) in [7, 11) is 0. The van der Waals surface area contributed by atoms with Crippen molar-refractivity contribution in [2.75, 3.05) is 0 Å². The molecule has 0 saturated carbocycles. The summed E-state index contributed by atoms with van der Waals surface area (Å²) in [4.78, 5) is 0. The zero-order valence-electron chi connectivity index (χ0n) is 12.5. The summed E-state index contributed by atoms with van der Waals surface area (Å²) in [5, 5.41) is 0. The molecule has 1 heteroatoms. The first-order valence-electron chi connectivity index (χ1n) is 7.55. The zero-order chi connectivity index (χ0) is 14.9. The highest BCUT2D eigenvalue weighted by Gasteiger charge is 2.06. The summed E-state index contributed by atoms with van der Waals surface area (Å²) in [6, 6.07) is 27.9. The highest BCUT2D eigenvalue weighted by atomic mass is 14.9. The second-order valence-electron chi connectivity index (χ2n) is 5.67. The molecule has 0 aliphatic carbocycles. The van der Waals surface area contributed by atoms with E-state index in [-0.39, 0.29) is 0 Å². The summed E-state index contributed by atoms with van der Waals surface area (Å²) in [5.41, 5.74) is 7.47. The molecule has 2 aromatic heterocycles. The van der Waals surface area contributed by atoms with Crippen LogP contribution in [0.1, 0.15) is 5.56 Å². The fraction of sp³-hybridized carbons (Fsp3) is 0.0476. The molecule has 0 unspecified atom stereocenters. The van der Waals surface area contributed by atoms with Crippen LogP contribution in [-0.4, -0.2) is 4.40 Å². The Hall–Kier alpha value is -2.80. The molecule has 0 radical (unpaired) electrons. The van der Waals surface area contributed by atoms with Gasteiger partial charge < -0.3 is 4.40 Å². The molecule has 0 amide bonds. The minimum absolute atomic E-state index is 1.22. The van der Waals surface area contributed by atoms with E-state index in [1.165, 1.54) is 33.5 Å². The summed E-state index contributed by atoms with van der Waals surface area (Å²) < 4.78 is 2.27. The van der Waals surface area contributed by atoms with Crippen molar-refractivity contribution in [2.45, 2.75) is 6.92 Å². The van der Waals surface area contributed by atoms with Crippen LogP contribution in [0.2, 0.25) is 0 Å². The van der Waals surface area contributed by atoms with Crippen molar-refractivity contribution in [3.05, 3.63) is 90.6 Å². The van der Waals surface area contributed by atoms with Crippen LogP contribution in [0.5, 0.6) is 0 Å². The number of aromatic nitrogens is 1. The van der Waals surface area contributed by atoms with Crippen LogP contribution in [0.25, 0.3) is 27.9 Å². The maximum absolute atomic E-state index is 2.27. The Bertz CT molecular complexity index is 915. The van der Waals surface area contributed by atoms with E-state index < -0.39 is 0 Å². The van der Waals surface area contributed by atoms with Crippen molar-refractivity contribution in [1.29, 1.82) is 0 Å². The van der Waals surface area contributed by atoms with Gasteiger partial charge >= 0.3 is 0 Å². The van der Waals surface area contributed by atoms with E-state index in [0.29, 0.717) is 0 Å². The van der Waals surface area contributed by atoms with Crippen LogP contribution < -0.4 is 0 Å². The average Bonchev–Trinajstić information content (AvgIpc) is 3.01. The lowest BCUT2D eigenvalue weighted by molar-refractivity contribution is 1.20. The van der Waals surface area contributed by atoms with Crippen molar-refractivity contribution in [3.8, 4) is 22.4 Å². The molecule has 4 aromatic rings. The highest BCUT2D eigenvalue weighted by Crippen LogP contribution is 2.27. The number of benzene rings is 2. The second kappa shape index (κ2) is 5.19. The first kappa shape index (κ1) is 12.9. The fourth-order valence-electron chi connectivity index (χ4n) is 2.88. The lowest BCUT2D eigenvalue weighted by Gasteiger charge is -2.06. The molecule has 2 aromatic carbocycles. The van der Waals surface area contributed by atoms with Gasteiger partial charge in [-0.2, -0.15) is 0 Å². The van der Waals surface area contributed by atoms with Gasteiger partial charge in [-0.15, -0.1) is 0 Å². The van der Waals surface area contributed by atoms with E-state index in [1.54, 1.807) is 0 Å². The number of pyridine rings is 1. The van der Waals surface area contributed by atoms with Crippen LogP contribution in [0.4, 0.5) is 0 Å². The first-order valence-corrected chi connectivity index (χ1v) is 7.55. The van der Waals surface area contributed by atoms with Gasteiger partial charge in [0.15, 0.2) is 0 Å². The van der Waals surface area contributed by atoms with Gasteiger partial charge in [-0.05, 0) is 36.2 Å². The lowest BCUT2D eigenvalue weighted by Crippen LogP contribution is -1.89. The van der Waals surface area contributed by atoms with Crippen LogP contribution in [0, 0.1) is 6.92 Å². The largest absolute Gasteiger partial charge is 0.316 e. The van der Waals surface area contributed by atoms with Gasteiger partial charge in [-0.25, -0.2) is 0 Å². The Kier molecular flexibility index (Phi) is 3.05. The van der Waals surface area contributed by atoms with Crippen LogP contribution in [-0.2, 0) is 0 Å². The van der Waals surface area contributed by atoms with Gasteiger partial charge in [-0.1, -0.05) is 66.2 Å². The molecule has 0 bridgehead atoms. The normalized spacial score (nSPS) is 11.0. The minimum Gasteiger partial charge on any atom is -0.316 e. The molecular formula is C21H17N. The Labute approximate surface area is 130 Å². The summed E-state index contributed by atoms with van der Waals surface area (Å²) in [6.45, 7) is 2.12. The molecule has 0 fully saturated rings. The second-order valence-corrected chi connectivity index (χ2v) is 5.67. The van der Waals surface area contributed by atoms with Crippen molar-refractivity contribution in [3.63, 3.8) is 0 Å². The molecule has 22 heavy (non-hydrogen) atoms. The first-order chi connectivity index (χ1) is 10.8. The number of aryl methyl sites for hydroxylation is 1. The van der Waals surface area contributed by atoms with Gasteiger partial charge in [0.25, 0.3) is 0 Å². The highest BCUT2D eigenvalue weighted by molar-refractivity contribution is 5.74. The Morgan fingerprint density at radius 3 is 2.18 bits per heavy atom. The van der Waals surface area contributed by atoms with Crippen molar-refractivity contribution in [1.82, 2.24) is 4.40 Å². The topological polar surface area (TPSA) is 4.41 Å². The monoisotopic (exact) mass is 283 g/mol. The predicted molar refractivity (Wildman–Crippen MR) is 93.0 cm³/mol. The van der Waals surface area contributed by atoms with E-state index in [9.17, 15) is 0 Å². The molecule has 0 spiro atoms. The zero-order valence-corrected chi connectivity index (χ0v) is 12.5. The number of nitrogens with zero attached hydrogens (tertiary/aromatic N) is 1. The Morgan fingerprint density at radius 2 is 1.41 bits per heavy atom. The third kappa shape index (κ3) is 2.21. The number of hydrogen-bond donors (Lipinski definition) is 0. The lowest BCUT2D eigenvalue weighted by atomic mass is 10.1. The van der Waals surface area contributed by atoms with Gasteiger partial charge in [0.1, 0.15) is 0 Å².